The molecule has 20 heavy (non-hydrogen) atoms. The Hall–Kier alpha value is -1.38. The molecule has 0 bridgehead atoms. The number of aryl methyl sites for hydroxylation is 1. The van der Waals surface area contributed by atoms with E-state index < -0.39 is 32.8 Å². The second-order valence-corrected chi connectivity index (χ2v) is 7.02. The second kappa shape index (κ2) is 8.03. The Morgan fingerprint density at radius 2 is 1.80 bits per heavy atom. The first-order chi connectivity index (χ1) is 9.43. The van der Waals surface area contributed by atoms with Crippen molar-refractivity contribution in [1.82, 2.24) is 4.90 Å². The maximum atomic E-state index is 12.1. The molecule has 5 nitrogen and oxygen atoms in total. The first-order valence-electron chi connectivity index (χ1n) is 6.16. The van der Waals surface area contributed by atoms with Crippen LogP contribution in [0, 0.1) is 6.92 Å². The van der Waals surface area contributed by atoms with Gasteiger partial charge in [-0.15, -0.1) is 0 Å². The molecule has 0 atom stereocenters. The second-order valence-electron chi connectivity index (χ2n) is 4.09. The van der Waals surface area contributed by atoms with Crippen LogP contribution >= 0.6 is 0 Å². The molecule has 0 saturated heterocycles. The summed E-state index contributed by atoms with van der Waals surface area (Å²) in [5, 5.41) is 0. The monoisotopic (exact) mass is 393 g/mol. The number of carbonyl (C=O) groups excluding carboxylic acids is 3. The Balaban J connectivity index is 2.71. The van der Waals surface area contributed by atoms with E-state index in [0.717, 1.165) is 14.1 Å². The molecular formula is C14H17NO4Te. The SMILES string of the molecule is CCOC(=O)CN(C(C)=O)C(=O)[Te]c1ccc(C)cc1. The Labute approximate surface area is 128 Å². The molecule has 0 fully saturated rings. The van der Waals surface area contributed by atoms with Crippen LogP contribution in [0.15, 0.2) is 24.3 Å². The van der Waals surface area contributed by atoms with Gasteiger partial charge in [0.15, 0.2) is 0 Å². The van der Waals surface area contributed by atoms with Gasteiger partial charge in [-0.1, -0.05) is 0 Å². The standard InChI is InChI=1S/C14H17NO4Te/c1-4-19-13(17)9-15(11(3)16)14(18)20-12-7-5-10(2)6-8-12/h5-8H,4,9H2,1-3H3. The summed E-state index contributed by atoms with van der Waals surface area (Å²) >= 11 is -1.20. The zero-order chi connectivity index (χ0) is 15.1. The van der Waals surface area contributed by atoms with Crippen LogP contribution in [0.1, 0.15) is 19.4 Å². The number of amides is 2. The van der Waals surface area contributed by atoms with Crippen molar-refractivity contribution >= 4 is 40.4 Å². The molecule has 0 aliphatic rings. The predicted octanol–water partition coefficient (Wildman–Crippen LogP) is 0.856. The normalized spacial score (nSPS) is 9.95. The van der Waals surface area contributed by atoms with Crippen molar-refractivity contribution in [3.05, 3.63) is 29.8 Å². The van der Waals surface area contributed by atoms with Crippen LogP contribution < -0.4 is 3.61 Å². The Morgan fingerprint density at radius 1 is 1.20 bits per heavy atom. The van der Waals surface area contributed by atoms with Gasteiger partial charge in [-0.2, -0.15) is 0 Å². The third-order valence-electron chi connectivity index (χ3n) is 2.42. The summed E-state index contributed by atoms with van der Waals surface area (Å²) in [7, 11) is 0. The third-order valence-corrected chi connectivity index (χ3v) is 5.00. The molecule has 1 rings (SSSR count). The molecule has 0 aromatic heterocycles. The molecule has 2 amide bonds. The van der Waals surface area contributed by atoms with Crippen molar-refractivity contribution in [2.75, 3.05) is 13.2 Å². The summed E-state index contributed by atoms with van der Waals surface area (Å²) in [6.07, 6.45) is 0. The first-order valence-corrected chi connectivity index (χ1v) is 8.49. The van der Waals surface area contributed by atoms with E-state index in [4.69, 9.17) is 4.74 Å². The number of nitrogens with zero attached hydrogens (tertiary/aromatic N) is 1. The molecule has 1 aromatic rings. The number of carbonyl (C=O) groups is 3. The summed E-state index contributed by atoms with van der Waals surface area (Å²) in [5.41, 5.74) is 1.11. The number of ether oxygens (including phenoxy) is 1. The van der Waals surface area contributed by atoms with Gasteiger partial charge in [0, 0.05) is 0 Å². The van der Waals surface area contributed by atoms with Gasteiger partial charge in [0.1, 0.15) is 0 Å². The number of esters is 1. The zero-order valence-corrected chi connectivity index (χ0v) is 14.0. The first kappa shape index (κ1) is 16.7. The minimum atomic E-state index is -1.20. The zero-order valence-electron chi connectivity index (χ0n) is 11.7. The van der Waals surface area contributed by atoms with Crippen LogP contribution in [0.4, 0.5) is 4.79 Å². The molecule has 1 aromatic carbocycles. The summed E-state index contributed by atoms with van der Waals surface area (Å²) in [5.74, 6) is -0.993. The van der Waals surface area contributed by atoms with Gasteiger partial charge in [-0.25, -0.2) is 0 Å². The van der Waals surface area contributed by atoms with E-state index in [1.165, 1.54) is 6.92 Å². The number of rotatable bonds is 5. The molecule has 0 N–H and O–H groups in total. The Kier molecular flexibility index (Phi) is 6.69. The average molecular weight is 391 g/mol. The minimum absolute atomic E-state index is 0.230. The Bertz CT molecular complexity index is 498. The summed E-state index contributed by atoms with van der Waals surface area (Å²) in [6.45, 7) is 4.85. The summed E-state index contributed by atoms with van der Waals surface area (Å²) in [6, 6.07) is 7.63. The Morgan fingerprint density at radius 3 is 2.30 bits per heavy atom. The van der Waals surface area contributed by atoms with Gasteiger partial charge >= 0.3 is 128 Å². The van der Waals surface area contributed by atoms with Crippen molar-refractivity contribution < 1.29 is 19.1 Å². The average Bonchev–Trinajstić information content (AvgIpc) is 2.38. The van der Waals surface area contributed by atoms with E-state index in [2.05, 4.69) is 0 Å². The number of hydrogen-bond donors (Lipinski definition) is 0. The van der Waals surface area contributed by atoms with E-state index in [9.17, 15) is 14.4 Å². The van der Waals surface area contributed by atoms with Crippen LogP contribution in [-0.2, 0) is 14.3 Å². The van der Waals surface area contributed by atoms with Crippen LogP contribution in [-0.4, -0.2) is 54.8 Å². The van der Waals surface area contributed by atoms with Crippen molar-refractivity contribution in [1.29, 1.82) is 0 Å². The van der Waals surface area contributed by atoms with E-state index in [0.29, 0.717) is 0 Å². The molecular weight excluding hydrogens is 374 g/mol. The van der Waals surface area contributed by atoms with E-state index in [1.54, 1.807) is 6.92 Å². The molecule has 0 aliphatic carbocycles. The number of benzene rings is 1. The van der Waals surface area contributed by atoms with Crippen molar-refractivity contribution in [3.63, 3.8) is 0 Å². The fourth-order valence-electron chi connectivity index (χ4n) is 1.40. The van der Waals surface area contributed by atoms with Gasteiger partial charge in [0.2, 0.25) is 0 Å². The molecule has 0 radical (unpaired) electrons. The van der Waals surface area contributed by atoms with Crippen LogP contribution in [0.25, 0.3) is 0 Å². The number of imide groups is 1. The van der Waals surface area contributed by atoms with E-state index >= 15 is 0 Å². The van der Waals surface area contributed by atoms with Crippen molar-refractivity contribution in [2.45, 2.75) is 20.8 Å². The third kappa shape index (κ3) is 5.32. The fourth-order valence-corrected chi connectivity index (χ4v) is 3.62. The maximum absolute atomic E-state index is 12.1. The van der Waals surface area contributed by atoms with Crippen molar-refractivity contribution in [2.24, 2.45) is 0 Å². The van der Waals surface area contributed by atoms with E-state index in [-0.39, 0.29) is 17.1 Å². The number of hydrogen-bond acceptors (Lipinski definition) is 4. The summed E-state index contributed by atoms with van der Waals surface area (Å²) < 4.78 is 5.42. The molecule has 0 spiro atoms. The topological polar surface area (TPSA) is 63.7 Å². The molecule has 0 unspecified atom stereocenters. The summed E-state index contributed by atoms with van der Waals surface area (Å²) in [4.78, 5) is 36.0. The quantitative estimate of drug-likeness (QED) is 0.552. The van der Waals surface area contributed by atoms with Crippen LogP contribution in [0.2, 0.25) is 0 Å². The van der Waals surface area contributed by atoms with E-state index in [1.807, 2.05) is 31.2 Å². The molecule has 0 aliphatic heterocycles. The van der Waals surface area contributed by atoms with Gasteiger partial charge in [0.25, 0.3) is 0 Å². The van der Waals surface area contributed by atoms with Gasteiger partial charge in [-0.3, -0.25) is 0 Å². The van der Waals surface area contributed by atoms with Gasteiger partial charge in [0.05, 0.1) is 0 Å². The fraction of sp³-hybridized carbons (Fsp3) is 0.357. The van der Waals surface area contributed by atoms with Gasteiger partial charge < -0.3 is 0 Å². The molecule has 0 heterocycles. The van der Waals surface area contributed by atoms with Crippen molar-refractivity contribution in [3.8, 4) is 0 Å². The molecule has 0 saturated carbocycles. The molecule has 108 valence electrons. The van der Waals surface area contributed by atoms with Gasteiger partial charge in [-0.05, 0) is 0 Å². The van der Waals surface area contributed by atoms with Crippen LogP contribution in [0.5, 0.6) is 0 Å². The predicted molar refractivity (Wildman–Crippen MR) is 76.0 cm³/mol. The van der Waals surface area contributed by atoms with Crippen LogP contribution in [0.3, 0.4) is 0 Å². The molecule has 6 heteroatoms.